The third-order valence-corrected chi connectivity index (χ3v) is 3.38. The van der Waals surface area contributed by atoms with Crippen LogP contribution in [0.3, 0.4) is 0 Å². The number of rotatable bonds is 2. The summed E-state index contributed by atoms with van der Waals surface area (Å²) in [5.41, 5.74) is 8.18. The predicted octanol–water partition coefficient (Wildman–Crippen LogP) is 3.20. The predicted molar refractivity (Wildman–Crippen MR) is 62.7 cm³/mol. The number of nitrogens with one attached hydrogen (secondary N) is 1. The van der Waals surface area contributed by atoms with Crippen LogP contribution in [0.1, 0.15) is 25.3 Å². The van der Waals surface area contributed by atoms with E-state index >= 15 is 0 Å². The van der Waals surface area contributed by atoms with Crippen LogP contribution in [-0.4, -0.2) is 5.71 Å². The summed E-state index contributed by atoms with van der Waals surface area (Å²) < 4.78 is 0.982. The molecule has 1 aromatic rings. The van der Waals surface area contributed by atoms with Gasteiger partial charge in [0.05, 0.1) is 0 Å². The fourth-order valence-electron chi connectivity index (χ4n) is 1.51. The highest BCUT2D eigenvalue weighted by molar-refractivity contribution is 9.10. The van der Waals surface area contributed by atoms with Crippen LogP contribution >= 0.6 is 15.9 Å². The van der Waals surface area contributed by atoms with Gasteiger partial charge in [0, 0.05) is 26.9 Å². The van der Waals surface area contributed by atoms with Crippen LogP contribution in [0.2, 0.25) is 0 Å². The highest BCUT2D eigenvalue weighted by atomic mass is 79.9. The molecule has 2 rings (SSSR count). The Bertz CT molecular complexity index is 394. The molecule has 1 aromatic carbocycles. The average molecular weight is 253 g/mol. The summed E-state index contributed by atoms with van der Waals surface area (Å²) in [4.78, 5) is 0. The number of hydrogen-bond donors (Lipinski definition) is 2. The van der Waals surface area contributed by atoms with Crippen LogP contribution < -0.4 is 5.73 Å². The topological polar surface area (TPSA) is 49.9 Å². The molecule has 0 atom stereocenters. The van der Waals surface area contributed by atoms with Gasteiger partial charge in [0.25, 0.3) is 0 Å². The lowest BCUT2D eigenvalue weighted by Gasteiger charge is -2.13. The van der Waals surface area contributed by atoms with Crippen molar-refractivity contribution in [3.05, 3.63) is 28.2 Å². The zero-order chi connectivity index (χ0) is 10.3. The van der Waals surface area contributed by atoms with Crippen molar-refractivity contribution in [2.75, 3.05) is 5.73 Å². The Morgan fingerprint density at radius 2 is 2.14 bits per heavy atom. The van der Waals surface area contributed by atoms with Crippen molar-refractivity contribution >= 4 is 27.3 Å². The number of nitrogens with two attached hydrogens (primary N) is 1. The quantitative estimate of drug-likeness (QED) is 0.617. The Hall–Kier alpha value is -0.830. The van der Waals surface area contributed by atoms with Gasteiger partial charge in [-0.25, -0.2) is 0 Å². The lowest BCUT2D eigenvalue weighted by Crippen LogP contribution is -2.14. The molecule has 1 aliphatic rings. The molecule has 1 fully saturated rings. The number of hydrogen-bond acceptors (Lipinski definition) is 2. The lowest BCUT2D eigenvalue weighted by molar-refractivity contribution is 0.798. The molecular weight excluding hydrogens is 240 g/mol. The highest BCUT2D eigenvalue weighted by Gasteiger charge is 2.42. The summed E-state index contributed by atoms with van der Waals surface area (Å²) in [5.74, 6) is 0. The maximum atomic E-state index is 8.08. The van der Waals surface area contributed by atoms with Crippen molar-refractivity contribution in [1.82, 2.24) is 0 Å². The summed E-state index contributed by atoms with van der Waals surface area (Å²) in [6, 6.07) is 5.68. The van der Waals surface area contributed by atoms with Crippen LogP contribution in [-0.2, 0) is 0 Å². The first kappa shape index (κ1) is 9.71. The molecule has 0 bridgehead atoms. The van der Waals surface area contributed by atoms with Crippen molar-refractivity contribution in [2.45, 2.75) is 19.8 Å². The van der Waals surface area contributed by atoms with E-state index in [0.29, 0.717) is 11.4 Å². The number of benzene rings is 1. The van der Waals surface area contributed by atoms with E-state index in [1.54, 1.807) is 0 Å². The first-order valence-electron chi connectivity index (χ1n) is 4.67. The van der Waals surface area contributed by atoms with Gasteiger partial charge in [0.15, 0.2) is 0 Å². The van der Waals surface area contributed by atoms with Crippen LogP contribution in [0, 0.1) is 10.8 Å². The summed E-state index contributed by atoms with van der Waals surface area (Å²) in [7, 11) is 0. The maximum absolute atomic E-state index is 8.08. The Kier molecular flexibility index (Phi) is 2.14. The maximum Gasteiger partial charge on any atom is 0.0466 e. The Labute approximate surface area is 92.1 Å². The van der Waals surface area contributed by atoms with Gasteiger partial charge < -0.3 is 11.1 Å². The number of nitrogen functional groups attached to an aromatic ring is 1. The van der Waals surface area contributed by atoms with Gasteiger partial charge in [0.1, 0.15) is 0 Å². The largest absolute Gasteiger partial charge is 0.398 e. The van der Waals surface area contributed by atoms with Gasteiger partial charge >= 0.3 is 0 Å². The van der Waals surface area contributed by atoms with Gasteiger partial charge in [-0.15, -0.1) is 0 Å². The van der Waals surface area contributed by atoms with Gasteiger partial charge in [-0.2, -0.15) is 0 Å². The lowest BCUT2D eigenvalue weighted by atomic mass is 9.95. The van der Waals surface area contributed by atoms with E-state index in [-0.39, 0.29) is 5.41 Å². The van der Waals surface area contributed by atoms with Gasteiger partial charge in [-0.3, -0.25) is 0 Å². The Balaban J connectivity index is 2.40. The van der Waals surface area contributed by atoms with E-state index in [1.807, 2.05) is 18.2 Å². The molecule has 0 saturated heterocycles. The van der Waals surface area contributed by atoms with E-state index in [2.05, 4.69) is 22.9 Å². The van der Waals surface area contributed by atoms with Crippen molar-refractivity contribution in [3.63, 3.8) is 0 Å². The first-order valence-corrected chi connectivity index (χ1v) is 5.47. The Morgan fingerprint density at radius 3 is 2.71 bits per heavy atom. The summed E-state index contributed by atoms with van der Waals surface area (Å²) >= 11 is 3.40. The van der Waals surface area contributed by atoms with Crippen molar-refractivity contribution in [2.24, 2.45) is 5.41 Å². The van der Waals surface area contributed by atoms with E-state index in [4.69, 9.17) is 11.1 Å². The molecular formula is C11H13BrN2. The zero-order valence-corrected chi connectivity index (χ0v) is 9.69. The van der Waals surface area contributed by atoms with E-state index in [0.717, 1.165) is 22.9 Å². The molecule has 0 aliphatic heterocycles. The van der Waals surface area contributed by atoms with E-state index < -0.39 is 0 Å². The third kappa shape index (κ3) is 1.57. The second kappa shape index (κ2) is 3.09. The van der Waals surface area contributed by atoms with Crippen LogP contribution in [0.5, 0.6) is 0 Å². The molecule has 1 aliphatic carbocycles. The Morgan fingerprint density at radius 1 is 1.50 bits per heavy atom. The highest BCUT2D eigenvalue weighted by Crippen LogP contribution is 2.48. The second-order valence-corrected chi connectivity index (χ2v) is 5.08. The molecule has 0 spiro atoms. The SMILES string of the molecule is CC1(C(=N)c2cc(Br)ccc2N)CC1. The van der Waals surface area contributed by atoms with Crippen LogP contribution in [0.15, 0.2) is 22.7 Å². The second-order valence-electron chi connectivity index (χ2n) is 4.17. The first-order chi connectivity index (χ1) is 6.53. The van der Waals surface area contributed by atoms with Gasteiger partial charge in [0.2, 0.25) is 0 Å². The van der Waals surface area contributed by atoms with E-state index in [1.165, 1.54) is 0 Å². The summed E-state index contributed by atoms with van der Waals surface area (Å²) in [5, 5.41) is 8.08. The smallest absolute Gasteiger partial charge is 0.0466 e. The fourth-order valence-corrected chi connectivity index (χ4v) is 1.87. The van der Waals surface area contributed by atoms with Crippen LogP contribution in [0.4, 0.5) is 5.69 Å². The molecule has 0 amide bonds. The zero-order valence-electron chi connectivity index (χ0n) is 8.10. The minimum Gasteiger partial charge on any atom is -0.398 e. The minimum absolute atomic E-state index is 0.0783. The molecule has 2 nitrogen and oxygen atoms in total. The standard InChI is InChI=1S/C11H13BrN2/c1-11(4-5-11)10(14)8-6-7(12)2-3-9(8)13/h2-3,6,14H,4-5,13H2,1H3. The van der Waals surface area contributed by atoms with Crippen molar-refractivity contribution in [3.8, 4) is 0 Å². The van der Waals surface area contributed by atoms with Crippen molar-refractivity contribution < 1.29 is 0 Å². The normalized spacial score (nSPS) is 17.9. The molecule has 14 heavy (non-hydrogen) atoms. The van der Waals surface area contributed by atoms with Gasteiger partial charge in [-0.05, 0) is 31.0 Å². The fraction of sp³-hybridized carbons (Fsp3) is 0.364. The van der Waals surface area contributed by atoms with Crippen LogP contribution in [0.25, 0.3) is 0 Å². The number of halogens is 1. The molecule has 0 unspecified atom stereocenters. The van der Waals surface area contributed by atoms with Gasteiger partial charge in [-0.1, -0.05) is 22.9 Å². The van der Waals surface area contributed by atoms with E-state index in [9.17, 15) is 0 Å². The molecule has 1 saturated carbocycles. The molecule has 0 heterocycles. The summed E-state index contributed by atoms with van der Waals surface area (Å²) in [6.07, 6.45) is 2.22. The molecule has 0 radical (unpaired) electrons. The average Bonchev–Trinajstić information content (AvgIpc) is 2.88. The molecule has 74 valence electrons. The number of anilines is 1. The minimum atomic E-state index is 0.0783. The monoisotopic (exact) mass is 252 g/mol. The molecule has 0 aromatic heterocycles. The third-order valence-electron chi connectivity index (χ3n) is 2.89. The molecule has 3 N–H and O–H groups in total. The van der Waals surface area contributed by atoms with Crippen molar-refractivity contribution in [1.29, 1.82) is 5.41 Å². The molecule has 3 heteroatoms. The summed E-state index contributed by atoms with van der Waals surface area (Å²) in [6.45, 7) is 2.12.